The summed E-state index contributed by atoms with van der Waals surface area (Å²) in [6.45, 7) is 6.88. The third-order valence-corrected chi connectivity index (χ3v) is 16.2. The number of rotatable bonds is 63. The van der Waals surface area contributed by atoms with Gasteiger partial charge in [-0.25, -0.2) is 4.57 Å². The molecule has 10 heteroatoms. The molecule has 0 spiro atoms. The molecule has 9 nitrogen and oxygen atoms in total. The number of esters is 1. The van der Waals surface area contributed by atoms with Crippen LogP contribution >= 0.6 is 7.82 Å². The van der Waals surface area contributed by atoms with E-state index in [1.165, 1.54) is 180 Å². The molecule has 0 aromatic rings. The quantitative estimate of drug-likeness (QED) is 0.0205. The highest BCUT2D eigenvalue weighted by molar-refractivity contribution is 7.47. The zero-order valence-corrected chi connectivity index (χ0v) is 56.5. The number of phosphoric ester groups is 1. The van der Waals surface area contributed by atoms with Crippen LogP contribution in [0, 0.1) is 0 Å². The molecule has 2 N–H and O–H groups in total. The second-order valence-electron chi connectivity index (χ2n) is 24.7. The van der Waals surface area contributed by atoms with Gasteiger partial charge in [-0.3, -0.25) is 18.6 Å². The lowest BCUT2D eigenvalue weighted by Gasteiger charge is -2.27. The Balaban J connectivity index is 5.14. The van der Waals surface area contributed by atoms with Crippen LogP contribution in [0.4, 0.5) is 0 Å². The first-order valence-corrected chi connectivity index (χ1v) is 36.6. The van der Waals surface area contributed by atoms with Crippen LogP contribution in [0.25, 0.3) is 0 Å². The van der Waals surface area contributed by atoms with Gasteiger partial charge in [0, 0.05) is 12.8 Å². The molecule has 0 rings (SSSR count). The number of carbonyl (C=O) groups excluding carboxylic acids is 2. The number of phosphoric acid groups is 1. The Bertz CT molecular complexity index is 1760. The molecule has 0 aromatic carbocycles. The van der Waals surface area contributed by atoms with Crippen LogP contribution < -0.4 is 5.32 Å². The van der Waals surface area contributed by atoms with Crippen molar-refractivity contribution in [1.29, 1.82) is 0 Å². The number of carbonyl (C=O) groups is 2. The number of quaternary nitrogens is 1. The molecule has 0 saturated carbocycles. The summed E-state index contributed by atoms with van der Waals surface area (Å²) < 4.78 is 30.8. The summed E-state index contributed by atoms with van der Waals surface area (Å²) in [5, 5.41) is 3.04. The highest BCUT2D eigenvalue weighted by Gasteiger charge is 2.30. The molecule has 486 valence electrons. The summed E-state index contributed by atoms with van der Waals surface area (Å²) in [6, 6.07) is -0.877. The number of allylic oxidation sites excluding steroid dienone is 15. The van der Waals surface area contributed by atoms with Crippen LogP contribution in [0.2, 0.25) is 0 Å². The van der Waals surface area contributed by atoms with Gasteiger partial charge in [0.2, 0.25) is 5.91 Å². The maximum Gasteiger partial charge on any atom is 0.472 e. The van der Waals surface area contributed by atoms with E-state index in [-0.39, 0.29) is 37.9 Å². The van der Waals surface area contributed by atoms with E-state index in [0.29, 0.717) is 17.4 Å². The largest absolute Gasteiger partial charge is 0.472 e. The van der Waals surface area contributed by atoms with E-state index in [1.807, 2.05) is 33.3 Å². The van der Waals surface area contributed by atoms with Crippen LogP contribution in [-0.2, 0) is 27.9 Å². The monoisotopic (exact) mass is 1190 g/mol. The molecule has 0 saturated heterocycles. The number of amides is 1. The summed E-state index contributed by atoms with van der Waals surface area (Å²) in [5.41, 5.74) is 0. The van der Waals surface area contributed by atoms with Crippen LogP contribution in [-0.4, -0.2) is 74.3 Å². The van der Waals surface area contributed by atoms with Gasteiger partial charge in [0.25, 0.3) is 0 Å². The molecule has 0 aromatic heterocycles. The Labute approximate surface area is 519 Å². The Morgan fingerprint density at radius 2 is 0.762 bits per heavy atom. The summed E-state index contributed by atoms with van der Waals surface area (Å²) in [6.07, 6.45) is 85.7. The number of hydrogen-bond acceptors (Lipinski definition) is 6. The zero-order valence-electron chi connectivity index (χ0n) is 55.6. The zero-order chi connectivity index (χ0) is 61.4. The van der Waals surface area contributed by atoms with E-state index >= 15 is 0 Å². The van der Waals surface area contributed by atoms with Gasteiger partial charge < -0.3 is 19.4 Å². The molecule has 84 heavy (non-hydrogen) atoms. The normalized spacial score (nSPS) is 14.1. The van der Waals surface area contributed by atoms with Gasteiger partial charge in [-0.05, 0) is 109 Å². The van der Waals surface area contributed by atoms with Gasteiger partial charge in [0.05, 0.1) is 33.8 Å². The van der Waals surface area contributed by atoms with Crippen molar-refractivity contribution in [2.24, 2.45) is 0 Å². The van der Waals surface area contributed by atoms with Crippen molar-refractivity contribution in [3.63, 3.8) is 0 Å². The van der Waals surface area contributed by atoms with Crippen LogP contribution in [0.5, 0.6) is 0 Å². The first kappa shape index (κ1) is 80.9. The third-order valence-electron chi connectivity index (χ3n) is 15.3. The number of likely N-dealkylation sites (N-methyl/N-ethyl adjacent to an activating group) is 1. The predicted octanol–water partition coefficient (Wildman–Crippen LogP) is 22.3. The Hall–Kier alpha value is -3.07. The van der Waals surface area contributed by atoms with E-state index in [0.717, 1.165) is 89.9 Å². The molecule has 0 heterocycles. The minimum absolute atomic E-state index is 0.0283. The molecule has 0 aliphatic carbocycles. The van der Waals surface area contributed by atoms with Crippen molar-refractivity contribution in [2.45, 2.75) is 322 Å². The highest BCUT2D eigenvalue weighted by atomic mass is 31.2. The summed E-state index contributed by atoms with van der Waals surface area (Å²) in [5.74, 6) is -0.551. The van der Waals surface area contributed by atoms with Crippen molar-refractivity contribution >= 4 is 19.7 Å². The number of nitrogens with one attached hydrogen (secondary N) is 1. The summed E-state index contributed by atoms with van der Waals surface area (Å²) >= 11 is 0. The van der Waals surface area contributed by atoms with Crippen molar-refractivity contribution in [1.82, 2.24) is 5.32 Å². The number of hydrogen-bond donors (Lipinski definition) is 2. The summed E-state index contributed by atoms with van der Waals surface area (Å²) in [4.78, 5) is 37.9. The minimum atomic E-state index is -4.47. The molecule has 3 unspecified atom stereocenters. The smallest absolute Gasteiger partial charge is 0.456 e. The number of nitrogens with zero attached hydrogens (tertiary/aromatic N) is 1. The Morgan fingerprint density at radius 3 is 1.17 bits per heavy atom. The molecule has 0 fully saturated rings. The molecule has 0 bridgehead atoms. The molecule has 0 aliphatic heterocycles. The average Bonchev–Trinajstić information content (AvgIpc) is 3.64. The Morgan fingerprint density at radius 1 is 0.429 bits per heavy atom. The fourth-order valence-electron chi connectivity index (χ4n) is 9.88. The van der Waals surface area contributed by atoms with E-state index in [9.17, 15) is 19.0 Å². The fraction of sp³-hybridized carbons (Fsp3) is 0.757. The summed E-state index contributed by atoms with van der Waals surface area (Å²) in [7, 11) is 1.46. The van der Waals surface area contributed by atoms with Gasteiger partial charge in [-0.2, -0.15) is 0 Å². The van der Waals surface area contributed by atoms with Gasteiger partial charge >= 0.3 is 13.8 Å². The van der Waals surface area contributed by atoms with E-state index in [4.69, 9.17) is 13.8 Å². The third kappa shape index (κ3) is 63.4. The van der Waals surface area contributed by atoms with Crippen molar-refractivity contribution < 1.29 is 37.3 Å². The first-order valence-electron chi connectivity index (χ1n) is 35.1. The molecular weight excluding hydrogens is 1060 g/mol. The van der Waals surface area contributed by atoms with E-state index in [2.05, 4.69) is 111 Å². The molecule has 3 atom stereocenters. The van der Waals surface area contributed by atoms with Crippen LogP contribution in [0.1, 0.15) is 310 Å². The lowest BCUT2D eigenvalue weighted by Crippen LogP contribution is -2.47. The van der Waals surface area contributed by atoms with Gasteiger partial charge in [-0.15, -0.1) is 0 Å². The Kier molecular flexibility index (Phi) is 60.7. The lowest BCUT2D eigenvalue weighted by molar-refractivity contribution is -0.870. The van der Waals surface area contributed by atoms with E-state index < -0.39 is 20.0 Å². The highest BCUT2D eigenvalue weighted by Crippen LogP contribution is 2.43. The van der Waals surface area contributed by atoms with Crippen LogP contribution in [0.15, 0.2) is 97.2 Å². The predicted molar refractivity (Wildman–Crippen MR) is 364 cm³/mol. The molecule has 0 aliphatic rings. The topological polar surface area (TPSA) is 111 Å². The first-order chi connectivity index (χ1) is 40.9. The van der Waals surface area contributed by atoms with Crippen LogP contribution in [0.3, 0.4) is 0 Å². The van der Waals surface area contributed by atoms with Crippen molar-refractivity contribution in [3.8, 4) is 0 Å². The van der Waals surface area contributed by atoms with Gasteiger partial charge in [-0.1, -0.05) is 285 Å². The van der Waals surface area contributed by atoms with Gasteiger partial charge in [0.15, 0.2) is 0 Å². The second-order valence-corrected chi connectivity index (χ2v) is 26.1. The number of unbranched alkanes of at least 4 members (excludes halogenated alkanes) is 33. The van der Waals surface area contributed by atoms with Crippen molar-refractivity contribution in [2.75, 3.05) is 40.9 Å². The maximum atomic E-state index is 13.6. The second kappa shape index (κ2) is 63.0. The molecule has 0 radical (unpaired) electrons. The average molecular weight is 1190 g/mol. The lowest BCUT2D eigenvalue weighted by atomic mass is 10.0. The number of ether oxygens (including phenoxy) is 1. The van der Waals surface area contributed by atoms with E-state index in [1.54, 1.807) is 0 Å². The van der Waals surface area contributed by atoms with Gasteiger partial charge in [0.1, 0.15) is 19.3 Å². The standard InChI is InChI=1S/C74H133N2O7P/c1-7-10-13-16-19-22-25-28-30-32-34-36-37-38-39-41-43-45-47-49-52-55-58-61-64-67-74(78)83-72(65-62-59-56-53-50-27-24-21-18-15-12-9-3)71(70-82-84(79,80)81-69-68-76(4,5)6)75-73(77)66-63-60-57-54-51-48-46-44-42-40-35-33-31-29-26-23-20-17-14-11-8-2/h11,14,20,23,28-31,35,40,44,46,51,54,62,65,71-72H,7-10,12-13,15-19,21-22,24-27,32-34,36-39,41-43,45,47-50,52-53,55-61,63-64,66-70H2,1-6H3,(H-,75,77,79,80)/p+1/b14-11-,23-20-,30-28+,31-29-,40-35-,46-44-,54-51-,65-62+. The molecule has 1 amide bonds. The SMILES string of the molecule is CC/C=C\C/C=C\C/C=C\C/C=C\C/C=C\C/C=C\CCCCC(=O)NC(COP(=O)(O)OCC[N+](C)(C)C)C(/C=C/CCCCCCCCCCCC)OC(=O)CCCCCCCCCCCCCCCCC/C=C/CCCCCCCC. The van der Waals surface area contributed by atoms with Crippen molar-refractivity contribution in [3.05, 3.63) is 97.2 Å². The minimum Gasteiger partial charge on any atom is -0.456 e. The fourth-order valence-corrected chi connectivity index (χ4v) is 10.6. The maximum absolute atomic E-state index is 13.6. The molecular formula is C74H134N2O7P+.